The largest absolute Gasteiger partial charge is 0.492 e. The monoisotopic (exact) mass is 843 g/mol. The van der Waals surface area contributed by atoms with Gasteiger partial charge in [0.25, 0.3) is 17.7 Å². The van der Waals surface area contributed by atoms with Gasteiger partial charge in [0.15, 0.2) is 11.5 Å². The van der Waals surface area contributed by atoms with Gasteiger partial charge >= 0.3 is 0 Å². The smallest absolute Gasteiger partial charge is 0.272 e. The third-order valence-corrected chi connectivity index (χ3v) is 13.8. The first kappa shape index (κ1) is 41.3. The lowest BCUT2D eigenvalue weighted by Crippen LogP contribution is -2.60. The third-order valence-electron chi connectivity index (χ3n) is 13.8. The maximum absolute atomic E-state index is 13.3. The lowest BCUT2D eigenvalue weighted by molar-refractivity contribution is -0.136. The minimum atomic E-state index is -0.966. The van der Waals surface area contributed by atoms with Crippen LogP contribution >= 0.6 is 0 Å². The van der Waals surface area contributed by atoms with Crippen molar-refractivity contribution in [2.45, 2.75) is 89.3 Å². The van der Waals surface area contributed by atoms with Crippen LogP contribution in [0.4, 0.5) is 11.5 Å². The van der Waals surface area contributed by atoms with Crippen LogP contribution in [0.5, 0.6) is 11.5 Å². The molecule has 2 aromatic carbocycles. The number of amides is 5. The molecule has 16 heteroatoms. The van der Waals surface area contributed by atoms with Crippen molar-refractivity contribution in [1.29, 1.82) is 5.26 Å². The number of likely N-dealkylation sites (tertiary alicyclic amines) is 1. The van der Waals surface area contributed by atoms with E-state index >= 15 is 0 Å². The Kier molecular flexibility index (Phi) is 11.6. The lowest BCUT2D eigenvalue weighted by atomic mass is 9.71. The topological polar surface area (TPSA) is 190 Å². The second-order valence-electron chi connectivity index (χ2n) is 17.8. The Morgan fingerprint density at radius 1 is 0.871 bits per heavy atom. The van der Waals surface area contributed by atoms with Crippen molar-refractivity contribution in [1.82, 2.24) is 30.6 Å². The molecule has 5 amide bonds. The molecule has 1 saturated carbocycles. The summed E-state index contributed by atoms with van der Waals surface area (Å²) in [5, 5.41) is 23.5. The van der Waals surface area contributed by atoms with E-state index in [1.165, 1.54) is 0 Å². The van der Waals surface area contributed by atoms with Crippen molar-refractivity contribution in [2.75, 3.05) is 62.2 Å². The number of fused-ring (bicyclic) bond motifs is 1. The number of hydrogen-bond donors (Lipinski definition) is 2. The highest BCUT2D eigenvalue weighted by molar-refractivity contribution is 6.23. The van der Waals surface area contributed by atoms with Gasteiger partial charge < -0.3 is 29.5 Å². The maximum atomic E-state index is 13.3. The van der Waals surface area contributed by atoms with Gasteiger partial charge in [-0.1, -0.05) is 0 Å². The molecule has 16 nitrogen and oxygen atoms in total. The van der Waals surface area contributed by atoms with Crippen LogP contribution in [0.1, 0.15) is 108 Å². The van der Waals surface area contributed by atoms with Crippen LogP contribution in [0.15, 0.2) is 48.5 Å². The second kappa shape index (κ2) is 17.4. The van der Waals surface area contributed by atoms with E-state index in [-0.39, 0.29) is 42.2 Å². The van der Waals surface area contributed by atoms with Crippen LogP contribution in [0.3, 0.4) is 0 Å². The average molecular weight is 844 g/mol. The molecule has 6 heterocycles. The Morgan fingerprint density at radius 2 is 1.63 bits per heavy atom. The number of hydrogen-bond acceptors (Lipinski definition) is 13. The van der Waals surface area contributed by atoms with Crippen molar-refractivity contribution in [3.05, 3.63) is 70.9 Å². The van der Waals surface area contributed by atoms with Gasteiger partial charge in [0.05, 0.1) is 29.4 Å². The van der Waals surface area contributed by atoms with Crippen molar-refractivity contribution in [2.24, 2.45) is 11.3 Å². The molecule has 5 fully saturated rings. The molecule has 324 valence electrons. The van der Waals surface area contributed by atoms with Crippen LogP contribution < -0.4 is 29.9 Å². The molecule has 1 aromatic heterocycles. The zero-order chi connectivity index (χ0) is 43.0. The molecule has 62 heavy (non-hydrogen) atoms. The number of nitrogens with zero attached hydrogens (tertiary/aromatic N) is 7. The van der Waals surface area contributed by atoms with Crippen LogP contribution in [0.25, 0.3) is 0 Å². The number of imide groups is 2. The van der Waals surface area contributed by atoms with Crippen LogP contribution in [0, 0.1) is 22.7 Å². The quantitative estimate of drug-likeness (QED) is 0.263. The molecule has 4 saturated heterocycles. The van der Waals surface area contributed by atoms with Gasteiger partial charge in [0.2, 0.25) is 11.8 Å². The number of ether oxygens (including phenoxy) is 2. The second-order valence-corrected chi connectivity index (χ2v) is 17.8. The molecule has 3 aromatic rings. The highest BCUT2D eigenvalue weighted by atomic mass is 16.5. The summed E-state index contributed by atoms with van der Waals surface area (Å²) >= 11 is 0. The molecule has 2 N–H and O–H groups in total. The number of anilines is 2. The molecule has 1 unspecified atom stereocenters. The fraction of sp³-hybridized carbons (Fsp3) is 0.522. The first-order valence-corrected chi connectivity index (χ1v) is 22.1. The molecule has 5 aliphatic heterocycles. The van der Waals surface area contributed by atoms with E-state index in [0.29, 0.717) is 46.4 Å². The Bertz CT molecular complexity index is 2260. The lowest BCUT2D eigenvalue weighted by Gasteiger charge is -2.55. The summed E-state index contributed by atoms with van der Waals surface area (Å²) < 4.78 is 11.8. The van der Waals surface area contributed by atoms with E-state index < -0.39 is 23.8 Å². The first-order chi connectivity index (χ1) is 30.1. The van der Waals surface area contributed by atoms with E-state index in [1.54, 1.807) is 36.4 Å². The highest BCUT2D eigenvalue weighted by Crippen LogP contribution is 2.44. The number of nitrogens with one attached hydrogen (secondary N) is 2. The van der Waals surface area contributed by atoms with Gasteiger partial charge in [-0.25, -0.2) is 0 Å². The fourth-order valence-electron chi connectivity index (χ4n) is 10.2. The van der Waals surface area contributed by atoms with Crippen molar-refractivity contribution in [3.63, 3.8) is 0 Å². The SMILES string of the molecule is CCOc1cc(OC2CCC(NC(=O)c3ccc(N4CCC(CN5CCC6(CC5)CN(c5ccc7c(c5)C(=O)N(C5CCC(=O)NC5=O)C7=O)C6)CC4)nn3)CC2)ccc1C#N. The van der Waals surface area contributed by atoms with E-state index in [2.05, 4.69) is 41.6 Å². The van der Waals surface area contributed by atoms with Gasteiger partial charge in [-0.05, 0) is 126 Å². The number of benzene rings is 2. The van der Waals surface area contributed by atoms with Gasteiger partial charge in [0.1, 0.15) is 23.6 Å². The summed E-state index contributed by atoms with van der Waals surface area (Å²) in [6, 6.07) is 15.6. The van der Waals surface area contributed by atoms with Crippen LogP contribution in [-0.2, 0) is 9.59 Å². The summed E-state index contributed by atoms with van der Waals surface area (Å²) in [6.07, 6.45) is 7.85. The minimum Gasteiger partial charge on any atom is -0.492 e. The number of nitriles is 1. The molecule has 1 spiro atoms. The molecule has 1 aliphatic carbocycles. The van der Waals surface area contributed by atoms with Gasteiger partial charge in [-0.15, -0.1) is 10.2 Å². The van der Waals surface area contributed by atoms with Crippen molar-refractivity contribution >= 4 is 41.0 Å². The molecule has 0 bridgehead atoms. The van der Waals surface area contributed by atoms with E-state index in [1.807, 2.05) is 19.1 Å². The van der Waals surface area contributed by atoms with E-state index in [9.17, 15) is 29.2 Å². The Balaban J connectivity index is 0.680. The number of rotatable bonds is 11. The van der Waals surface area contributed by atoms with Crippen LogP contribution in [0.2, 0.25) is 0 Å². The zero-order valence-corrected chi connectivity index (χ0v) is 35.1. The molecular formula is C46H53N9O7. The van der Waals surface area contributed by atoms with Gasteiger partial charge in [-0.2, -0.15) is 5.26 Å². The number of aromatic nitrogens is 2. The Hall–Kier alpha value is -6.08. The van der Waals surface area contributed by atoms with Crippen LogP contribution in [-0.4, -0.2) is 120 Å². The van der Waals surface area contributed by atoms with Crippen molar-refractivity contribution < 1.29 is 33.4 Å². The number of carbonyl (C=O) groups excluding carboxylic acids is 5. The van der Waals surface area contributed by atoms with E-state index in [4.69, 9.17) is 9.47 Å². The standard InChI is InChI=1S/C46H53N9O7/c1-2-61-39-24-34(7-3-30(39)25-47)62-33-8-4-31(5-9-33)48-42(57)37-11-13-40(51-50-37)53-19-15-29(16-20-53)26-52-21-17-46(18-22-52)27-54(28-46)32-6-10-35-36(23-32)45(60)55(44(35)59)38-12-14-41(56)49-43(38)58/h3,6-7,10-11,13,23-24,29,31,33,38H,2,4-5,8-9,12,14-22,26-28H2,1H3,(H,48,57)(H,49,56,58). The summed E-state index contributed by atoms with van der Waals surface area (Å²) in [6.45, 7) is 9.18. The molecule has 1 atom stereocenters. The zero-order valence-electron chi connectivity index (χ0n) is 35.1. The van der Waals surface area contributed by atoms with E-state index in [0.717, 1.165) is 114 Å². The molecule has 9 rings (SSSR count). The third kappa shape index (κ3) is 8.42. The first-order valence-electron chi connectivity index (χ1n) is 22.1. The highest BCUT2D eigenvalue weighted by Gasteiger charge is 2.47. The predicted octanol–water partition coefficient (Wildman–Crippen LogP) is 4.09. The Labute approximate surface area is 360 Å². The minimum absolute atomic E-state index is 0.0277. The number of carbonyl (C=O) groups is 5. The summed E-state index contributed by atoms with van der Waals surface area (Å²) in [5.41, 5.74) is 2.59. The molecule has 0 radical (unpaired) electrons. The Morgan fingerprint density at radius 3 is 2.32 bits per heavy atom. The van der Waals surface area contributed by atoms with Gasteiger partial charge in [-0.3, -0.25) is 34.2 Å². The number of piperidine rings is 3. The summed E-state index contributed by atoms with van der Waals surface area (Å²) in [5.74, 6) is 0.463. The average Bonchev–Trinajstić information content (AvgIpc) is 3.52. The molecule has 6 aliphatic rings. The van der Waals surface area contributed by atoms with Crippen molar-refractivity contribution in [3.8, 4) is 17.6 Å². The normalized spacial score (nSPS) is 24.0. The predicted molar refractivity (Wildman–Crippen MR) is 227 cm³/mol. The summed E-state index contributed by atoms with van der Waals surface area (Å²) in [4.78, 5) is 71.8. The summed E-state index contributed by atoms with van der Waals surface area (Å²) in [7, 11) is 0. The van der Waals surface area contributed by atoms with Gasteiger partial charge in [0, 0.05) is 62.4 Å². The molecular weight excluding hydrogens is 791 g/mol. The fourth-order valence-corrected chi connectivity index (χ4v) is 10.2. The maximum Gasteiger partial charge on any atom is 0.272 e.